The van der Waals surface area contributed by atoms with Gasteiger partial charge < -0.3 is 5.11 Å². The van der Waals surface area contributed by atoms with Crippen molar-refractivity contribution in [2.24, 2.45) is 0 Å². The fourth-order valence-electron chi connectivity index (χ4n) is 2.44. The summed E-state index contributed by atoms with van der Waals surface area (Å²) in [5, 5.41) is 13.9. The molecule has 0 atom stereocenters. The fourth-order valence-corrected chi connectivity index (χ4v) is 2.79. The van der Waals surface area contributed by atoms with Gasteiger partial charge in [-0.3, -0.25) is 9.47 Å². The largest absolute Gasteiger partial charge is 0.388 e. The van der Waals surface area contributed by atoms with Crippen molar-refractivity contribution in [2.75, 3.05) is 13.1 Å². The minimum Gasteiger partial charge on any atom is -0.388 e. The molecule has 0 saturated heterocycles. The Kier molecular flexibility index (Phi) is 5.13. The molecule has 6 heteroatoms. The summed E-state index contributed by atoms with van der Waals surface area (Å²) in [6.45, 7) is 7.18. The van der Waals surface area contributed by atoms with E-state index >= 15 is 0 Å². The van der Waals surface area contributed by atoms with Crippen LogP contribution in [-0.4, -0.2) is 37.4 Å². The molecule has 0 aliphatic heterocycles. The van der Waals surface area contributed by atoms with Gasteiger partial charge in [-0.1, -0.05) is 13.8 Å². The van der Waals surface area contributed by atoms with Crippen molar-refractivity contribution in [1.29, 1.82) is 0 Å². The van der Waals surface area contributed by atoms with E-state index < -0.39 is 0 Å². The molecule has 0 aromatic carbocycles. The van der Waals surface area contributed by atoms with Gasteiger partial charge >= 0.3 is 0 Å². The summed E-state index contributed by atoms with van der Waals surface area (Å²) in [5.74, 6) is 0.709. The number of aliphatic hydroxyl groups excluding tert-OH is 1. The van der Waals surface area contributed by atoms with E-state index in [9.17, 15) is 5.11 Å². The van der Waals surface area contributed by atoms with Gasteiger partial charge in [0.25, 0.3) is 0 Å². The molecular weight excluding hydrogens is 260 g/mol. The van der Waals surface area contributed by atoms with Crippen LogP contribution in [0.5, 0.6) is 0 Å². The first-order chi connectivity index (χ1) is 9.21. The summed E-state index contributed by atoms with van der Waals surface area (Å²) >= 11 is 5.51. The fraction of sp³-hybridized carbons (Fsp3) is 0.846. The molecule has 1 aliphatic carbocycles. The first-order valence-corrected chi connectivity index (χ1v) is 7.63. The maximum Gasteiger partial charge on any atom is 0.199 e. The van der Waals surface area contributed by atoms with Crippen LogP contribution in [-0.2, 0) is 13.3 Å². The highest BCUT2D eigenvalue weighted by molar-refractivity contribution is 7.71. The Morgan fingerprint density at radius 1 is 1.32 bits per heavy atom. The lowest BCUT2D eigenvalue weighted by molar-refractivity contribution is 0.203. The minimum absolute atomic E-state index is 0.0330. The van der Waals surface area contributed by atoms with Crippen molar-refractivity contribution < 1.29 is 5.11 Å². The molecule has 0 amide bonds. The molecule has 1 aromatic rings. The number of hydrogen-bond donors (Lipinski definition) is 1. The Bertz CT molecular complexity index is 458. The molecule has 0 unspecified atom stereocenters. The van der Waals surface area contributed by atoms with Crippen LogP contribution in [0.1, 0.15) is 51.4 Å². The van der Waals surface area contributed by atoms with Gasteiger partial charge in [-0.05, 0) is 51.0 Å². The van der Waals surface area contributed by atoms with Crippen LogP contribution >= 0.6 is 12.2 Å². The molecule has 2 rings (SSSR count). The zero-order valence-electron chi connectivity index (χ0n) is 11.9. The van der Waals surface area contributed by atoms with E-state index in [0.717, 1.165) is 50.2 Å². The van der Waals surface area contributed by atoms with Gasteiger partial charge in [-0.15, -0.1) is 0 Å². The standard InChI is InChI=1S/C13H24N4OS/c1-3-7-15(8-4-2)10-16-13(19)17(11-5-6-11)12(9-18)14-16/h11,18H,3-10H2,1-2H3. The van der Waals surface area contributed by atoms with Gasteiger partial charge in [-0.25, -0.2) is 4.68 Å². The van der Waals surface area contributed by atoms with Gasteiger partial charge in [-0.2, -0.15) is 5.10 Å². The predicted molar refractivity (Wildman–Crippen MR) is 77.4 cm³/mol. The Labute approximate surface area is 119 Å². The van der Waals surface area contributed by atoms with E-state index in [0.29, 0.717) is 11.9 Å². The van der Waals surface area contributed by atoms with Gasteiger partial charge in [0.2, 0.25) is 0 Å². The number of aliphatic hydroxyl groups is 1. The first kappa shape index (κ1) is 14.7. The molecule has 0 spiro atoms. The van der Waals surface area contributed by atoms with E-state index in [2.05, 4.69) is 23.8 Å². The van der Waals surface area contributed by atoms with E-state index in [1.165, 1.54) is 0 Å². The van der Waals surface area contributed by atoms with Gasteiger partial charge in [0, 0.05) is 6.04 Å². The maximum absolute atomic E-state index is 9.42. The summed E-state index contributed by atoms with van der Waals surface area (Å²) in [5.41, 5.74) is 0. The number of rotatable bonds is 8. The molecule has 1 saturated carbocycles. The normalized spacial score (nSPS) is 15.4. The summed E-state index contributed by atoms with van der Waals surface area (Å²) < 4.78 is 4.65. The number of nitrogens with zero attached hydrogens (tertiary/aromatic N) is 4. The summed E-state index contributed by atoms with van der Waals surface area (Å²) in [6.07, 6.45) is 4.56. The zero-order chi connectivity index (χ0) is 13.8. The summed E-state index contributed by atoms with van der Waals surface area (Å²) in [4.78, 5) is 2.36. The Morgan fingerprint density at radius 2 is 1.95 bits per heavy atom. The SMILES string of the molecule is CCCN(CCC)Cn1nc(CO)n(C2CC2)c1=S. The number of hydrogen-bond acceptors (Lipinski definition) is 4. The molecule has 0 bridgehead atoms. The molecule has 1 heterocycles. The molecular formula is C13H24N4OS. The van der Waals surface area contributed by atoms with E-state index in [1.54, 1.807) is 0 Å². The average molecular weight is 284 g/mol. The molecule has 1 aromatic heterocycles. The second-order valence-corrected chi connectivity index (χ2v) is 5.58. The van der Waals surface area contributed by atoms with Crippen LogP contribution in [0.15, 0.2) is 0 Å². The molecule has 5 nitrogen and oxygen atoms in total. The van der Waals surface area contributed by atoms with Crippen molar-refractivity contribution in [3.63, 3.8) is 0 Å². The minimum atomic E-state index is -0.0330. The van der Waals surface area contributed by atoms with Gasteiger partial charge in [0.1, 0.15) is 6.61 Å². The van der Waals surface area contributed by atoms with Crippen LogP contribution in [0.2, 0.25) is 0 Å². The number of aromatic nitrogens is 3. The van der Waals surface area contributed by atoms with Crippen molar-refractivity contribution in [3.8, 4) is 0 Å². The van der Waals surface area contributed by atoms with Crippen molar-refractivity contribution in [1.82, 2.24) is 19.2 Å². The molecule has 1 fully saturated rings. The van der Waals surface area contributed by atoms with Gasteiger partial charge in [0.15, 0.2) is 10.6 Å². The first-order valence-electron chi connectivity index (χ1n) is 7.22. The monoisotopic (exact) mass is 284 g/mol. The molecule has 0 radical (unpaired) electrons. The maximum atomic E-state index is 9.42. The Balaban J connectivity index is 2.17. The molecule has 108 valence electrons. The third-order valence-electron chi connectivity index (χ3n) is 3.41. The lowest BCUT2D eigenvalue weighted by atomic mass is 10.4. The quantitative estimate of drug-likeness (QED) is 0.744. The average Bonchev–Trinajstić information content (AvgIpc) is 3.17. The van der Waals surface area contributed by atoms with E-state index in [-0.39, 0.29) is 6.61 Å². The van der Waals surface area contributed by atoms with Gasteiger partial charge in [0.05, 0.1) is 6.67 Å². The second-order valence-electron chi connectivity index (χ2n) is 5.22. The molecule has 1 N–H and O–H groups in total. The summed E-state index contributed by atoms with van der Waals surface area (Å²) in [7, 11) is 0. The Morgan fingerprint density at radius 3 is 2.42 bits per heavy atom. The third-order valence-corrected chi connectivity index (χ3v) is 3.82. The van der Waals surface area contributed by atoms with Crippen LogP contribution in [0.4, 0.5) is 0 Å². The van der Waals surface area contributed by atoms with Crippen molar-refractivity contribution in [3.05, 3.63) is 10.6 Å². The highest BCUT2D eigenvalue weighted by Crippen LogP contribution is 2.36. The third kappa shape index (κ3) is 3.43. The van der Waals surface area contributed by atoms with Crippen molar-refractivity contribution in [2.45, 2.75) is 58.8 Å². The highest BCUT2D eigenvalue weighted by Gasteiger charge is 2.28. The van der Waals surface area contributed by atoms with E-state index in [4.69, 9.17) is 12.2 Å². The summed E-state index contributed by atoms with van der Waals surface area (Å²) in [6, 6.07) is 0.467. The highest BCUT2D eigenvalue weighted by atomic mass is 32.1. The van der Waals surface area contributed by atoms with Crippen LogP contribution < -0.4 is 0 Å². The molecule has 1 aliphatic rings. The molecule has 19 heavy (non-hydrogen) atoms. The predicted octanol–water partition coefficient (Wildman–Crippen LogP) is 2.32. The smallest absolute Gasteiger partial charge is 0.199 e. The van der Waals surface area contributed by atoms with E-state index in [1.807, 2.05) is 9.25 Å². The lowest BCUT2D eigenvalue weighted by Gasteiger charge is -2.20. The topological polar surface area (TPSA) is 46.2 Å². The Hall–Kier alpha value is -0.720. The van der Waals surface area contributed by atoms with Crippen LogP contribution in [0.3, 0.4) is 0 Å². The second kappa shape index (κ2) is 6.63. The van der Waals surface area contributed by atoms with Crippen LogP contribution in [0, 0.1) is 4.77 Å². The lowest BCUT2D eigenvalue weighted by Crippen LogP contribution is -2.28. The van der Waals surface area contributed by atoms with Crippen molar-refractivity contribution >= 4 is 12.2 Å². The zero-order valence-corrected chi connectivity index (χ0v) is 12.7. The van der Waals surface area contributed by atoms with Crippen LogP contribution in [0.25, 0.3) is 0 Å².